The topological polar surface area (TPSA) is 52.6 Å². The number of alkyl halides is 2. The molecule has 3 rings (SSSR count). The fraction of sp³-hybridized carbons (Fsp3) is 0.941. The molecule has 6 heteroatoms. The van der Waals surface area contributed by atoms with Crippen LogP contribution in [0.25, 0.3) is 0 Å². The zero-order chi connectivity index (χ0) is 16.5. The molecular weight excluding hydrogens is 302 g/mol. The predicted octanol–water partition coefficient (Wildman–Crippen LogP) is 3.15. The number of carbonyl (C=O) groups excluding carboxylic acids is 1. The van der Waals surface area contributed by atoms with Gasteiger partial charge in [0.05, 0.1) is 5.60 Å². The minimum atomic E-state index is -2.52. The van der Waals surface area contributed by atoms with Crippen molar-refractivity contribution in [2.45, 2.75) is 69.3 Å². The Labute approximate surface area is 136 Å². The quantitative estimate of drug-likeness (QED) is 0.817. The van der Waals surface area contributed by atoms with Crippen LogP contribution in [-0.2, 0) is 0 Å². The van der Waals surface area contributed by atoms with E-state index in [9.17, 15) is 18.7 Å². The third-order valence-corrected chi connectivity index (χ3v) is 6.09. The van der Waals surface area contributed by atoms with Crippen LogP contribution in [0.4, 0.5) is 13.6 Å². The Morgan fingerprint density at radius 3 is 2.61 bits per heavy atom. The van der Waals surface area contributed by atoms with E-state index < -0.39 is 11.5 Å². The number of urea groups is 1. The highest BCUT2D eigenvalue weighted by molar-refractivity contribution is 5.74. The van der Waals surface area contributed by atoms with Crippen molar-refractivity contribution in [2.75, 3.05) is 19.6 Å². The largest absolute Gasteiger partial charge is 0.389 e. The van der Waals surface area contributed by atoms with Gasteiger partial charge >= 0.3 is 6.03 Å². The van der Waals surface area contributed by atoms with Gasteiger partial charge in [-0.05, 0) is 38.0 Å². The molecule has 0 bridgehead atoms. The van der Waals surface area contributed by atoms with E-state index in [1.54, 1.807) is 4.90 Å². The molecule has 1 saturated heterocycles. The third-order valence-electron chi connectivity index (χ3n) is 6.09. The van der Waals surface area contributed by atoms with Crippen LogP contribution in [0.2, 0.25) is 0 Å². The molecule has 2 aliphatic carbocycles. The van der Waals surface area contributed by atoms with Gasteiger partial charge in [0.15, 0.2) is 0 Å². The third kappa shape index (κ3) is 3.95. The highest BCUT2D eigenvalue weighted by Crippen LogP contribution is 2.40. The van der Waals surface area contributed by atoms with Crippen LogP contribution < -0.4 is 5.32 Å². The van der Waals surface area contributed by atoms with E-state index >= 15 is 0 Å². The summed E-state index contributed by atoms with van der Waals surface area (Å²) in [6, 6.07) is -0.102. The van der Waals surface area contributed by atoms with E-state index in [4.69, 9.17) is 0 Å². The van der Waals surface area contributed by atoms with Gasteiger partial charge in [-0.15, -0.1) is 0 Å². The summed E-state index contributed by atoms with van der Waals surface area (Å²) in [7, 11) is 0. The van der Waals surface area contributed by atoms with Crippen LogP contribution in [0.5, 0.6) is 0 Å². The van der Waals surface area contributed by atoms with Gasteiger partial charge in [0.2, 0.25) is 5.92 Å². The zero-order valence-corrected chi connectivity index (χ0v) is 13.7. The SMILES string of the molecule is O=C(NCC1CCC(F)(F)CC1)N1CC[C@]2(O)CCCC[C@@H]2C1. The summed E-state index contributed by atoms with van der Waals surface area (Å²) < 4.78 is 26.3. The molecule has 0 aromatic carbocycles. The molecule has 2 saturated carbocycles. The van der Waals surface area contributed by atoms with Crippen LogP contribution >= 0.6 is 0 Å². The first-order valence-electron chi connectivity index (χ1n) is 9.01. The molecule has 0 unspecified atom stereocenters. The lowest BCUT2D eigenvalue weighted by molar-refractivity contribution is -0.0871. The number of likely N-dealkylation sites (tertiary alicyclic amines) is 1. The van der Waals surface area contributed by atoms with Gasteiger partial charge < -0.3 is 15.3 Å². The number of piperidine rings is 1. The van der Waals surface area contributed by atoms with Gasteiger partial charge in [0, 0.05) is 38.4 Å². The molecular formula is C17H28F2N2O2. The molecule has 23 heavy (non-hydrogen) atoms. The van der Waals surface area contributed by atoms with E-state index in [1.165, 1.54) is 0 Å². The Morgan fingerprint density at radius 1 is 1.13 bits per heavy atom. The highest BCUT2D eigenvalue weighted by Gasteiger charge is 2.43. The van der Waals surface area contributed by atoms with Crippen molar-refractivity contribution in [3.63, 3.8) is 0 Å². The minimum absolute atomic E-state index is 0.0631. The number of aliphatic hydroxyl groups is 1. The first kappa shape index (κ1) is 16.9. The normalized spacial score (nSPS) is 34.7. The Bertz CT molecular complexity index is 436. The average molecular weight is 330 g/mol. The maximum Gasteiger partial charge on any atom is 0.317 e. The van der Waals surface area contributed by atoms with Crippen molar-refractivity contribution in [3.8, 4) is 0 Å². The van der Waals surface area contributed by atoms with Crippen molar-refractivity contribution >= 4 is 6.03 Å². The maximum absolute atomic E-state index is 13.1. The number of hydrogen-bond donors (Lipinski definition) is 2. The van der Waals surface area contributed by atoms with E-state index in [2.05, 4.69) is 5.32 Å². The lowest BCUT2D eigenvalue weighted by atomic mass is 9.71. The summed E-state index contributed by atoms with van der Waals surface area (Å²) in [5, 5.41) is 13.6. The van der Waals surface area contributed by atoms with E-state index in [0.717, 1.165) is 25.7 Å². The van der Waals surface area contributed by atoms with Gasteiger partial charge in [0.1, 0.15) is 0 Å². The van der Waals surface area contributed by atoms with Crippen LogP contribution in [0, 0.1) is 11.8 Å². The van der Waals surface area contributed by atoms with Gasteiger partial charge in [-0.2, -0.15) is 0 Å². The fourth-order valence-corrected chi connectivity index (χ4v) is 4.40. The van der Waals surface area contributed by atoms with Gasteiger partial charge in [0.25, 0.3) is 0 Å². The molecule has 3 fully saturated rings. The van der Waals surface area contributed by atoms with Crippen molar-refractivity contribution < 1.29 is 18.7 Å². The predicted molar refractivity (Wildman–Crippen MR) is 83.4 cm³/mol. The number of hydrogen-bond acceptors (Lipinski definition) is 2. The molecule has 0 radical (unpaired) electrons. The smallest absolute Gasteiger partial charge is 0.317 e. The Kier molecular flexibility index (Phi) is 4.81. The Morgan fingerprint density at radius 2 is 1.87 bits per heavy atom. The number of halogens is 2. The molecule has 2 atom stereocenters. The number of rotatable bonds is 2. The summed E-state index contributed by atoms with van der Waals surface area (Å²) in [6.07, 6.45) is 5.52. The van der Waals surface area contributed by atoms with E-state index in [1.807, 2.05) is 0 Å². The van der Waals surface area contributed by atoms with Crippen LogP contribution in [-0.4, -0.2) is 47.2 Å². The second kappa shape index (κ2) is 6.54. The van der Waals surface area contributed by atoms with Gasteiger partial charge in [-0.25, -0.2) is 13.6 Å². The molecule has 0 aromatic rings. The number of nitrogens with one attached hydrogen (secondary N) is 1. The zero-order valence-electron chi connectivity index (χ0n) is 13.7. The minimum Gasteiger partial charge on any atom is -0.389 e. The monoisotopic (exact) mass is 330 g/mol. The van der Waals surface area contributed by atoms with E-state index in [-0.39, 0.29) is 30.7 Å². The van der Waals surface area contributed by atoms with Crippen LogP contribution in [0.1, 0.15) is 57.8 Å². The summed E-state index contributed by atoms with van der Waals surface area (Å²) in [6.45, 7) is 1.69. The Hall–Kier alpha value is -0.910. The van der Waals surface area contributed by atoms with Crippen molar-refractivity contribution in [1.29, 1.82) is 0 Å². The van der Waals surface area contributed by atoms with Crippen LogP contribution in [0.3, 0.4) is 0 Å². The second-order valence-electron chi connectivity index (χ2n) is 7.73. The number of nitrogens with zero attached hydrogens (tertiary/aromatic N) is 1. The molecule has 132 valence electrons. The standard InChI is InChI=1S/C17H28F2N2O2/c18-17(19)7-4-13(5-8-17)11-20-15(22)21-10-9-16(23)6-2-1-3-14(16)12-21/h13-14,23H,1-12H2,(H,20,22)/t14-,16-/m1/s1. The van der Waals surface area contributed by atoms with E-state index in [0.29, 0.717) is 38.9 Å². The van der Waals surface area contributed by atoms with Crippen molar-refractivity contribution in [2.24, 2.45) is 11.8 Å². The average Bonchev–Trinajstić information content (AvgIpc) is 2.52. The fourth-order valence-electron chi connectivity index (χ4n) is 4.40. The molecule has 2 amide bonds. The molecule has 0 spiro atoms. The van der Waals surface area contributed by atoms with Crippen molar-refractivity contribution in [1.82, 2.24) is 10.2 Å². The van der Waals surface area contributed by atoms with Gasteiger partial charge in [-0.1, -0.05) is 12.8 Å². The summed E-state index contributed by atoms with van der Waals surface area (Å²) in [4.78, 5) is 14.1. The molecule has 3 aliphatic rings. The molecule has 1 heterocycles. The molecule has 2 N–H and O–H groups in total. The number of amides is 2. The lowest BCUT2D eigenvalue weighted by Crippen LogP contribution is -2.56. The summed E-state index contributed by atoms with van der Waals surface area (Å²) >= 11 is 0. The lowest BCUT2D eigenvalue weighted by Gasteiger charge is -2.47. The molecule has 4 nitrogen and oxygen atoms in total. The summed E-state index contributed by atoms with van der Waals surface area (Å²) in [5.41, 5.74) is -0.579. The first-order valence-corrected chi connectivity index (χ1v) is 9.01. The number of fused-ring (bicyclic) bond motifs is 1. The molecule has 0 aromatic heterocycles. The highest BCUT2D eigenvalue weighted by atomic mass is 19.3. The first-order chi connectivity index (χ1) is 10.9. The number of carbonyl (C=O) groups is 1. The second-order valence-corrected chi connectivity index (χ2v) is 7.73. The Balaban J connectivity index is 1.44. The summed E-state index contributed by atoms with van der Waals surface area (Å²) in [5.74, 6) is -2.17. The van der Waals surface area contributed by atoms with Gasteiger partial charge in [-0.3, -0.25) is 0 Å². The van der Waals surface area contributed by atoms with Crippen molar-refractivity contribution in [3.05, 3.63) is 0 Å². The maximum atomic E-state index is 13.1. The molecule has 1 aliphatic heterocycles. The van der Waals surface area contributed by atoms with Crippen LogP contribution in [0.15, 0.2) is 0 Å².